The SMILES string of the molecule is CN(C)c1nc(Cl)c(I)c(C2CCCC2)n1. The molecule has 1 saturated carbocycles. The molecule has 0 atom stereocenters. The van der Waals surface area contributed by atoms with Crippen molar-refractivity contribution in [2.24, 2.45) is 0 Å². The minimum Gasteiger partial charge on any atom is -0.347 e. The van der Waals surface area contributed by atoms with E-state index in [1.807, 2.05) is 19.0 Å². The summed E-state index contributed by atoms with van der Waals surface area (Å²) in [6.45, 7) is 0. The molecule has 0 amide bonds. The Morgan fingerprint density at radius 2 is 1.88 bits per heavy atom. The van der Waals surface area contributed by atoms with E-state index in [0.29, 0.717) is 17.0 Å². The Balaban J connectivity index is 2.41. The van der Waals surface area contributed by atoms with Crippen LogP contribution in [-0.2, 0) is 0 Å². The number of aromatic nitrogens is 2. The van der Waals surface area contributed by atoms with Crippen LogP contribution in [0.5, 0.6) is 0 Å². The van der Waals surface area contributed by atoms with Gasteiger partial charge in [-0.05, 0) is 35.4 Å². The van der Waals surface area contributed by atoms with Crippen LogP contribution in [0.25, 0.3) is 0 Å². The van der Waals surface area contributed by atoms with Gasteiger partial charge in [-0.3, -0.25) is 0 Å². The van der Waals surface area contributed by atoms with Gasteiger partial charge in [0.15, 0.2) is 0 Å². The van der Waals surface area contributed by atoms with Gasteiger partial charge in [0, 0.05) is 20.0 Å². The lowest BCUT2D eigenvalue weighted by Crippen LogP contribution is -2.15. The van der Waals surface area contributed by atoms with Crippen LogP contribution < -0.4 is 4.90 Å². The average Bonchev–Trinajstić information content (AvgIpc) is 2.74. The maximum Gasteiger partial charge on any atom is 0.226 e. The molecule has 1 aromatic rings. The van der Waals surface area contributed by atoms with Gasteiger partial charge in [0.2, 0.25) is 5.95 Å². The molecule has 1 fully saturated rings. The average molecular weight is 352 g/mol. The van der Waals surface area contributed by atoms with Gasteiger partial charge in [-0.2, -0.15) is 4.98 Å². The normalized spacial score (nSPS) is 16.8. The van der Waals surface area contributed by atoms with Crippen LogP contribution in [0.1, 0.15) is 37.3 Å². The maximum atomic E-state index is 6.16. The fourth-order valence-electron chi connectivity index (χ4n) is 2.09. The molecule has 0 spiro atoms. The van der Waals surface area contributed by atoms with Gasteiger partial charge in [-0.1, -0.05) is 24.4 Å². The molecule has 2 rings (SSSR count). The monoisotopic (exact) mass is 351 g/mol. The van der Waals surface area contributed by atoms with Gasteiger partial charge in [0.05, 0.1) is 9.26 Å². The fraction of sp³-hybridized carbons (Fsp3) is 0.636. The number of hydrogen-bond donors (Lipinski definition) is 0. The predicted molar refractivity (Wildman–Crippen MR) is 75.3 cm³/mol. The molecule has 5 heteroatoms. The van der Waals surface area contributed by atoms with Crippen molar-refractivity contribution < 1.29 is 0 Å². The molecule has 0 saturated heterocycles. The first-order valence-electron chi connectivity index (χ1n) is 5.50. The van der Waals surface area contributed by atoms with E-state index in [-0.39, 0.29) is 0 Å². The summed E-state index contributed by atoms with van der Waals surface area (Å²) < 4.78 is 1.02. The summed E-state index contributed by atoms with van der Waals surface area (Å²) in [6, 6.07) is 0. The van der Waals surface area contributed by atoms with E-state index in [2.05, 4.69) is 32.6 Å². The van der Waals surface area contributed by atoms with Crippen molar-refractivity contribution in [1.29, 1.82) is 0 Å². The zero-order valence-corrected chi connectivity index (χ0v) is 12.4. The zero-order chi connectivity index (χ0) is 11.7. The lowest BCUT2D eigenvalue weighted by Gasteiger charge is -2.16. The molecule has 1 aliphatic rings. The van der Waals surface area contributed by atoms with Crippen LogP contribution in [0.4, 0.5) is 5.95 Å². The highest BCUT2D eigenvalue weighted by molar-refractivity contribution is 14.1. The second-order valence-electron chi connectivity index (χ2n) is 4.39. The lowest BCUT2D eigenvalue weighted by molar-refractivity contribution is 0.687. The van der Waals surface area contributed by atoms with Crippen LogP contribution >= 0.6 is 34.2 Å². The van der Waals surface area contributed by atoms with E-state index in [9.17, 15) is 0 Å². The molecule has 0 aromatic carbocycles. The summed E-state index contributed by atoms with van der Waals surface area (Å²) >= 11 is 8.42. The first-order chi connectivity index (χ1) is 7.59. The lowest BCUT2D eigenvalue weighted by atomic mass is 10.0. The van der Waals surface area contributed by atoms with E-state index < -0.39 is 0 Å². The Morgan fingerprint density at radius 1 is 1.25 bits per heavy atom. The predicted octanol–water partition coefficient (Wildman–Crippen LogP) is 3.46. The van der Waals surface area contributed by atoms with Crippen LogP contribution in [0.2, 0.25) is 5.15 Å². The maximum absolute atomic E-state index is 6.16. The van der Waals surface area contributed by atoms with Crippen molar-refractivity contribution in [2.45, 2.75) is 31.6 Å². The Kier molecular flexibility index (Phi) is 3.89. The summed E-state index contributed by atoms with van der Waals surface area (Å²) in [6.07, 6.45) is 5.08. The van der Waals surface area contributed by atoms with Crippen molar-refractivity contribution in [3.8, 4) is 0 Å². The Labute approximate surface area is 115 Å². The molecule has 0 N–H and O–H groups in total. The van der Waals surface area contributed by atoms with Crippen LogP contribution in [0, 0.1) is 3.57 Å². The smallest absolute Gasteiger partial charge is 0.226 e. The van der Waals surface area contributed by atoms with Crippen LogP contribution in [0.15, 0.2) is 0 Å². The summed E-state index contributed by atoms with van der Waals surface area (Å²) in [5.41, 5.74) is 1.14. The van der Waals surface area contributed by atoms with Gasteiger partial charge in [-0.25, -0.2) is 4.98 Å². The minimum atomic E-state index is 0.575. The van der Waals surface area contributed by atoms with E-state index in [1.54, 1.807) is 0 Å². The first-order valence-corrected chi connectivity index (χ1v) is 6.95. The molecule has 1 aliphatic carbocycles. The van der Waals surface area contributed by atoms with Gasteiger partial charge >= 0.3 is 0 Å². The van der Waals surface area contributed by atoms with Crippen molar-refractivity contribution in [1.82, 2.24) is 9.97 Å². The van der Waals surface area contributed by atoms with Gasteiger partial charge in [-0.15, -0.1) is 0 Å². The van der Waals surface area contributed by atoms with Gasteiger partial charge in [0.1, 0.15) is 5.15 Å². The molecule has 3 nitrogen and oxygen atoms in total. The van der Waals surface area contributed by atoms with Crippen LogP contribution in [0.3, 0.4) is 0 Å². The molecular formula is C11H15ClIN3. The molecule has 88 valence electrons. The third-order valence-electron chi connectivity index (χ3n) is 2.97. The third kappa shape index (κ3) is 2.42. The van der Waals surface area contributed by atoms with Gasteiger partial charge < -0.3 is 4.90 Å². The molecule has 0 unspecified atom stereocenters. The third-order valence-corrected chi connectivity index (χ3v) is 4.62. The van der Waals surface area contributed by atoms with Crippen molar-refractivity contribution in [3.63, 3.8) is 0 Å². The van der Waals surface area contributed by atoms with E-state index in [0.717, 1.165) is 9.26 Å². The highest BCUT2D eigenvalue weighted by atomic mass is 127. The topological polar surface area (TPSA) is 29.0 Å². The Hall–Kier alpha value is -0.100. The van der Waals surface area contributed by atoms with E-state index >= 15 is 0 Å². The highest BCUT2D eigenvalue weighted by Crippen LogP contribution is 2.37. The molecular weight excluding hydrogens is 336 g/mol. The van der Waals surface area contributed by atoms with Crippen LogP contribution in [-0.4, -0.2) is 24.1 Å². The van der Waals surface area contributed by atoms with Crippen molar-refractivity contribution >= 4 is 40.1 Å². The molecule has 0 radical (unpaired) electrons. The largest absolute Gasteiger partial charge is 0.347 e. The zero-order valence-electron chi connectivity index (χ0n) is 9.50. The fourth-order valence-corrected chi connectivity index (χ4v) is 2.95. The molecule has 16 heavy (non-hydrogen) atoms. The minimum absolute atomic E-state index is 0.575. The first kappa shape index (κ1) is 12.4. The van der Waals surface area contributed by atoms with E-state index in [1.165, 1.54) is 25.7 Å². The molecule has 1 heterocycles. The van der Waals surface area contributed by atoms with E-state index in [4.69, 9.17) is 11.6 Å². The standard InChI is InChI=1S/C11H15ClIN3/c1-16(2)11-14-9(7-5-3-4-6-7)8(13)10(12)15-11/h7H,3-6H2,1-2H3. The molecule has 0 aliphatic heterocycles. The van der Waals surface area contributed by atoms with Crippen molar-refractivity contribution in [2.75, 3.05) is 19.0 Å². The second kappa shape index (κ2) is 5.04. The summed E-state index contributed by atoms with van der Waals surface area (Å²) in [5, 5.41) is 0.584. The van der Waals surface area contributed by atoms with Crippen molar-refractivity contribution in [3.05, 3.63) is 14.4 Å². The number of nitrogens with zero attached hydrogens (tertiary/aromatic N) is 3. The number of halogens is 2. The number of anilines is 1. The number of rotatable bonds is 2. The molecule has 1 aromatic heterocycles. The number of hydrogen-bond acceptors (Lipinski definition) is 3. The Bertz CT molecular complexity index is 389. The molecule has 0 bridgehead atoms. The highest BCUT2D eigenvalue weighted by Gasteiger charge is 2.23. The summed E-state index contributed by atoms with van der Waals surface area (Å²) in [7, 11) is 3.88. The van der Waals surface area contributed by atoms with Gasteiger partial charge in [0.25, 0.3) is 0 Å². The second-order valence-corrected chi connectivity index (χ2v) is 5.83. The summed E-state index contributed by atoms with van der Waals surface area (Å²) in [4.78, 5) is 10.8. The Morgan fingerprint density at radius 3 is 2.44 bits per heavy atom. The quantitative estimate of drug-likeness (QED) is 0.603. The summed E-state index contributed by atoms with van der Waals surface area (Å²) in [5.74, 6) is 1.29.